The van der Waals surface area contributed by atoms with Gasteiger partial charge in [0.1, 0.15) is 5.15 Å². The minimum Gasteiger partial charge on any atom is -0.385 e. The van der Waals surface area contributed by atoms with Crippen LogP contribution in [0.1, 0.15) is 19.3 Å². The fourth-order valence-corrected chi connectivity index (χ4v) is 2.45. The first kappa shape index (κ1) is 11.2. The molecule has 1 aromatic rings. The summed E-state index contributed by atoms with van der Waals surface area (Å²) in [4.78, 5) is 4.16. The van der Waals surface area contributed by atoms with Gasteiger partial charge in [0.05, 0.1) is 0 Å². The van der Waals surface area contributed by atoms with E-state index >= 15 is 0 Å². The van der Waals surface area contributed by atoms with Crippen LogP contribution in [0.3, 0.4) is 0 Å². The number of aromatic nitrogens is 1. The first-order valence-electron chi connectivity index (χ1n) is 5.08. The molecular weight excluding hydrogens is 232 g/mol. The summed E-state index contributed by atoms with van der Waals surface area (Å²) in [7, 11) is 1.75. The van der Waals surface area contributed by atoms with E-state index in [-0.39, 0.29) is 0 Å². The molecule has 0 bridgehead atoms. The van der Waals surface area contributed by atoms with Gasteiger partial charge in [-0.15, -0.1) is 11.3 Å². The second-order valence-corrected chi connectivity index (χ2v) is 5.32. The topological polar surface area (TPSA) is 34.1 Å². The van der Waals surface area contributed by atoms with Gasteiger partial charge in [-0.2, -0.15) is 0 Å². The molecule has 5 heteroatoms. The van der Waals surface area contributed by atoms with Crippen molar-refractivity contribution in [3.8, 4) is 0 Å². The molecule has 1 N–H and O–H groups in total. The molecule has 1 fully saturated rings. The quantitative estimate of drug-likeness (QED) is 0.838. The Bertz CT molecular complexity index is 325. The SMILES string of the molecule is COCCC1(CNc2nc(Cl)cs2)CC1. The van der Waals surface area contributed by atoms with Crippen LogP contribution in [0.2, 0.25) is 5.15 Å². The highest BCUT2D eigenvalue weighted by Crippen LogP contribution is 2.48. The highest BCUT2D eigenvalue weighted by Gasteiger charge is 2.41. The number of rotatable bonds is 6. The Hall–Kier alpha value is -0.320. The number of anilines is 1. The molecule has 0 aromatic carbocycles. The Morgan fingerprint density at radius 3 is 3.00 bits per heavy atom. The van der Waals surface area contributed by atoms with Crippen molar-refractivity contribution in [3.05, 3.63) is 10.5 Å². The molecule has 0 spiro atoms. The molecule has 0 saturated heterocycles. The summed E-state index contributed by atoms with van der Waals surface area (Å²) in [5.41, 5.74) is 0.453. The van der Waals surface area contributed by atoms with Crippen molar-refractivity contribution < 1.29 is 4.74 Å². The molecule has 1 aliphatic rings. The summed E-state index contributed by atoms with van der Waals surface area (Å²) in [5.74, 6) is 0. The van der Waals surface area contributed by atoms with Gasteiger partial charge in [-0.25, -0.2) is 4.98 Å². The summed E-state index contributed by atoms with van der Waals surface area (Å²) in [5, 5.41) is 6.68. The Labute approximate surface area is 98.8 Å². The third-order valence-electron chi connectivity index (χ3n) is 2.88. The normalized spacial score (nSPS) is 17.7. The summed E-state index contributed by atoms with van der Waals surface area (Å²) in [6.07, 6.45) is 3.72. The lowest BCUT2D eigenvalue weighted by Crippen LogP contribution is -2.17. The van der Waals surface area contributed by atoms with Crippen LogP contribution in [-0.4, -0.2) is 25.2 Å². The van der Waals surface area contributed by atoms with Crippen LogP contribution < -0.4 is 5.32 Å². The van der Waals surface area contributed by atoms with E-state index in [1.807, 2.05) is 5.38 Å². The lowest BCUT2D eigenvalue weighted by Gasteiger charge is -2.14. The van der Waals surface area contributed by atoms with Gasteiger partial charge in [0.2, 0.25) is 0 Å². The zero-order chi connectivity index (χ0) is 10.7. The first-order valence-corrected chi connectivity index (χ1v) is 6.34. The number of hydrogen-bond acceptors (Lipinski definition) is 4. The summed E-state index contributed by atoms with van der Waals surface area (Å²) in [6, 6.07) is 0. The van der Waals surface area contributed by atoms with Crippen LogP contribution in [0.25, 0.3) is 0 Å². The molecule has 0 radical (unpaired) electrons. The molecule has 0 atom stereocenters. The van der Waals surface area contributed by atoms with Gasteiger partial charge in [0, 0.05) is 25.6 Å². The van der Waals surface area contributed by atoms with Crippen LogP contribution >= 0.6 is 22.9 Å². The molecule has 0 aliphatic heterocycles. The molecule has 0 amide bonds. The lowest BCUT2D eigenvalue weighted by atomic mass is 10.0. The van der Waals surface area contributed by atoms with Crippen LogP contribution in [0.5, 0.6) is 0 Å². The van der Waals surface area contributed by atoms with E-state index in [9.17, 15) is 0 Å². The lowest BCUT2D eigenvalue weighted by molar-refractivity contribution is 0.175. The van der Waals surface area contributed by atoms with Gasteiger partial charge in [0.25, 0.3) is 0 Å². The van der Waals surface area contributed by atoms with Gasteiger partial charge in [0.15, 0.2) is 5.13 Å². The first-order chi connectivity index (χ1) is 7.24. The molecular formula is C10H15ClN2OS. The maximum atomic E-state index is 5.75. The van der Waals surface area contributed by atoms with Crippen molar-refractivity contribution in [1.29, 1.82) is 0 Å². The van der Waals surface area contributed by atoms with Gasteiger partial charge in [-0.1, -0.05) is 11.6 Å². The van der Waals surface area contributed by atoms with Crippen LogP contribution in [0.4, 0.5) is 5.13 Å². The highest BCUT2D eigenvalue weighted by atomic mass is 35.5. The number of halogens is 1. The number of hydrogen-bond donors (Lipinski definition) is 1. The second kappa shape index (κ2) is 4.68. The van der Waals surface area contributed by atoms with Crippen molar-refractivity contribution in [2.45, 2.75) is 19.3 Å². The maximum Gasteiger partial charge on any atom is 0.184 e. The van der Waals surface area contributed by atoms with E-state index in [0.29, 0.717) is 10.6 Å². The maximum absolute atomic E-state index is 5.75. The predicted octanol–water partition coefficient (Wildman–Crippen LogP) is 3.03. The van der Waals surface area contributed by atoms with Gasteiger partial charge in [-0.3, -0.25) is 0 Å². The fourth-order valence-electron chi connectivity index (χ4n) is 1.61. The minimum absolute atomic E-state index is 0.453. The van der Waals surface area contributed by atoms with Gasteiger partial charge >= 0.3 is 0 Å². The Morgan fingerprint density at radius 2 is 2.47 bits per heavy atom. The standard InChI is InChI=1S/C10H15ClN2OS/c1-14-5-4-10(2-3-10)7-12-9-13-8(11)6-15-9/h6H,2-5,7H2,1H3,(H,12,13). The van der Waals surface area contributed by atoms with Crippen molar-refractivity contribution in [2.75, 3.05) is 25.6 Å². The molecule has 15 heavy (non-hydrogen) atoms. The van der Waals surface area contributed by atoms with Gasteiger partial charge < -0.3 is 10.1 Å². The van der Waals surface area contributed by atoms with Crippen molar-refractivity contribution >= 4 is 28.1 Å². The molecule has 2 rings (SSSR count). The van der Waals surface area contributed by atoms with E-state index in [0.717, 1.165) is 24.7 Å². The number of thiazole rings is 1. The summed E-state index contributed by atoms with van der Waals surface area (Å²) in [6.45, 7) is 1.83. The molecule has 1 aliphatic carbocycles. The molecule has 1 aromatic heterocycles. The average Bonchev–Trinajstić information content (AvgIpc) is 2.89. The van der Waals surface area contributed by atoms with Crippen LogP contribution in [0, 0.1) is 5.41 Å². The van der Waals surface area contributed by atoms with Crippen LogP contribution in [-0.2, 0) is 4.74 Å². The molecule has 1 heterocycles. The van der Waals surface area contributed by atoms with E-state index in [4.69, 9.17) is 16.3 Å². The zero-order valence-corrected chi connectivity index (χ0v) is 10.3. The Balaban J connectivity index is 1.78. The predicted molar refractivity (Wildman–Crippen MR) is 63.8 cm³/mol. The van der Waals surface area contributed by atoms with E-state index in [1.165, 1.54) is 12.8 Å². The molecule has 3 nitrogen and oxygen atoms in total. The summed E-state index contributed by atoms with van der Waals surface area (Å²) < 4.78 is 5.11. The monoisotopic (exact) mass is 246 g/mol. The highest BCUT2D eigenvalue weighted by molar-refractivity contribution is 7.14. The Morgan fingerprint density at radius 1 is 1.67 bits per heavy atom. The third-order valence-corrected chi connectivity index (χ3v) is 4.01. The van der Waals surface area contributed by atoms with Crippen molar-refractivity contribution in [2.24, 2.45) is 5.41 Å². The van der Waals surface area contributed by atoms with Gasteiger partial charge in [-0.05, 0) is 24.7 Å². The number of nitrogens with zero attached hydrogens (tertiary/aromatic N) is 1. The molecule has 84 valence electrons. The van der Waals surface area contributed by atoms with E-state index < -0.39 is 0 Å². The molecule has 1 saturated carbocycles. The third kappa shape index (κ3) is 3.06. The zero-order valence-electron chi connectivity index (χ0n) is 8.75. The molecule has 0 unspecified atom stereocenters. The minimum atomic E-state index is 0.453. The van der Waals surface area contributed by atoms with Crippen molar-refractivity contribution in [1.82, 2.24) is 4.98 Å². The number of nitrogens with one attached hydrogen (secondary N) is 1. The number of methoxy groups -OCH3 is 1. The van der Waals surface area contributed by atoms with Crippen LogP contribution in [0.15, 0.2) is 5.38 Å². The second-order valence-electron chi connectivity index (χ2n) is 4.07. The van der Waals surface area contributed by atoms with E-state index in [2.05, 4.69) is 10.3 Å². The smallest absolute Gasteiger partial charge is 0.184 e. The largest absolute Gasteiger partial charge is 0.385 e. The Kier molecular flexibility index (Phi) is 3.49. The summed E-state index contributed by atoms with van der Waals surface area (Å²) >= 11 is 7.31. The van der Waals surface area contributed by atoms with E-state index in [1.54, 1.807) is 18.4 Å². The number of ether oxygens (including phenoxy) is 1. The van der Waals surface area contributed by atoms with Crippen molar-refractivity contribution in [3.63, 3.8) is 0 Å². The fraction of sp³-hybridized carbons (Fsp3) is 0.700. The average molecular weight is 247 g/mol.